The van der Waals surface area contributed by atoms with Gasteiger partial charge in [0.05, 0.1) is 18.0 Å². The summed E-state index contributed by atoms with van der Waals surface area (Å²) >= 11 is 0. The van der Waals surface area contributed by atoms with Crippen LogP contribution in [0.4, 0.5) is 4.39 Å². The largest absolute Gasteiger partial charge is 0.379 e. The second-order valence-corrected chi connectivity index (χ2v) is 11.1. The van der Waals surface area contributed by atoms with Gasteiger partial charge in [-0.15, -0.1) is 5.10 Å². The first-order chi connectivity index (χ1) is 20.7. The van der Waals surface area contributed by atoms with E-state index in [-0.39, 0.29) is 47.7 Å². The number of rotatable bonds is 13. The molecule has 0 saturated carbocycles. The third-order valence-electron chi connectivity index (χ3n) is 8.16. The Kier molecular flexibility index (Phi) is 11.0. The van der Waals surface area contributed by atoms with Crippen molar-refractivity contribution in [3.05, 3.63) is 77.9 Å². The zero-order valence-electron chi connectivity index (χ0n) is 25.3. The van der Waals surface area contributed by atoms with Crippen LogP contribution in [0.3, 0.4) is 0 Å². The maximum absolute atomic E-state index is 13.9. The molecule has 0 unspecified atom stereocenters. The van der Waals surface area contributed by atoms with Gasteiger partial charge in [-0.2, -0.15) is 0 Å². The summed E-state index contributed by atoms with van der Waals surface area (Å²) in [6.45, 7) is 6.64. The zero-order chi connectivity index (χ0) is 30.9. The van der Waals surface area contributed by atoms with Gasteiger partial charge in [-0.25, -0.2) is 9.07 Å². The van der Waals surface area contributed by atoms with Crippen LogP contribution in [0.15, 0.2) is 60.8 Å². The van der Waals surface area contributed by atoms with Crippen LogP contribution in [0.5, 0.6) is 0 Å². The lowest BCUT2D eigenvalue weighted by atomic mass is 10.1. The summed E-state index contributed by atoms with van der Waals surface area (Å²) in [7, 11) is 1.51. The van der Waals surface area contributed by atoms with Gasteiger partial charge in [-0.3, -0.25) is 14.4 Å². The Bertz CT molecular complexity index is 1370. The normalized spacial score (nSPS) is 16.9. The predicted molar refractivity (Wildman–Crippen MR) is 160 cm³/mol. The van der Waals surface area contributed by atoms with E-state index in [1.54, 1.807) is 39.7 Å². The number of para-hydroxylation sites is 1. The number of ether oxygens (including phenoxy) is 1. The third-order valence-corrected chi connectivity index (χ3v) is 8.16. The number of hydrogen-bond acceptors (Lipinski definition) is 6. The van der Waals surface area contributed by atoms with Crippen LogP contribution in [0, 0.1) is 11.7 Å². The lowest BCUT2D eigenvalue weighted by Crippen LogP contribution is -2.57. The van der Waals surface area contributed by atoms with Gasteiger partial charge in [-0.1, -0.05) is 49.4 Å². The molecule has 4 atom stereocenters. The highest BCUT2D eigenvalue weighted by Gasteiger charge is 2.38. The van der Waals surface area contributed by atoms with E-state index in [0.29, 0.717) is 32.4 Å². The average molecular weight is 593 g/mol. The Morgan fingerprint density at radius 1 is 1.12 bits per heavy atom. The van der Waals surface area contributed by atoms with Crippen molar-refractivity contribution >= 4 is 17.7 Å². The van der Waals surface area contributed by atoms with E-state index < -0.39 is 12.1 Å². The van der Waals surface area contributed by atoms with E-state index in [4.69, 9.17) is 4.74 Å². The molecule has 10 nitrogen and oxygen atoms in total. The van der Waals surface area contributed by atoms with Gasteiger partial charge in [0.15, 0.2) is 5.69 Å². The van der Waals surface area contributed by atoms with Crippen molar-refractivity contribution in [3.8, 4) is 5.69 Å². The molecule has 3 aromatic rings. The predicted octanol–water partition coefficient (Wildman–Crippen LogP) is 3.65. The van der Waals surface area contributed by atoms with Crippen LogP contribution in [-0.2, 0) is 20.7 Å². The quantitative estimate of drug-likeness (QED) is 0.325. The van der Waals surface area contributed by atoms with E-state index in [1.807, 2.05) is 44.2 Å². The number of aromatic nitrogens is 3. The third kappa shape index (κ3) is 8.04. The van der Waals surface area contributed by atoms with E-state index in [0.717, 1.165) is 17.7 Å². The lowest BCUT2D eigenvalue weighted by molar-refractivity contribution is -0.141. The summed E-state index contributed by atoms with van der Waals surface area (Å²) in [5.41, 5.74) is 1.84. The maximum atomic E-state index is 13.9. The van der Waals surface area contributed by atoms with E-state index >= 15 is 0 Å². The van der Waals surface area contributed by atoms with Gasteiger partial charge in [0, 0.05) is 38.7 Å². The van der Waals surface area contributed by atoms with Crippen molar-refractivity contribution in [2.45, 2.75) is 64.6 Å². The van der Waals surface area contributed by atoms with Gasteiger partial charge in [-0.05, 0) is 62.4 Å². The first-order valence-corrected chi connectivity index (χ1v) is 14.9. The number of methoxy groups -OCH3 is 1. The fourth-order valence-corrected chi connectivity index (χ4v) is 5.17. The van der Waals surface area contributed by atoms with Crippen molar-refractivity contribution in [2.75, 3.05) is 26.7 Å². The number of benzene rings is 2. The highest BCUT2D eigenvalue weighted by molar-refractivity contribution is 5.92. The molecule has 0 aliphatic carbocycles. The molecular weight excluding hydrogens is 551 g/mol. The summed E-state index contributed by atoms with van der Waals surface area (Å²) in [5.74, 6) is -1.30. The van der Waals surface area contributed by atoms with Crippen LogP contribution < -0.4 is 5.32 Å². The minimum atomic E-state index is -0.846. The number of nitrogens with zero attached hydrogens (tertiary/aromatic N) is 5. The molecule has 3 amide bonds. The Morgan fingerprint density at radius 3 is 2.51 bits per heavy atom. The molecule has 1 aliphatic heterocycles. The number of carbonyl (C=O) groups is 3. The summed E-state index contributed by atoms with van der Waals surface area (Å²) < 4.78 is 20.5. The van der Waals surface area contributed by atoms with Gasteiger partial charge < -0.3 is 19.9 Å². The Balaban J connectivity index is 1.55. The molecule has 0 radical (unpaired) electrons. The topological polar surface area (TPSA) is 110 Å². The van der Waals surface area contributed by atoms with Crippen LogP contribution in [0.25, 0.3) is 5.69 Å². The molecule has 43 heavy (non-hydrogen) atoms. The van der Waals surface area contributed by atoms with Gasteiger partial charge >= 0.3 is 0 Å². The van der Waals surface area contributed by atoms with Crippen molar-refractivity contribution in [3.63, 3.8) is 0 Å². The molecule has 230 valence electrons. The second-order valence-electron chi connectivity index (χ2n) is 11.1. The van der Waals surface area contributed by atoms with Gasteiger partial charge in [0.1, 0.15) is 11.9 Å². The number of likely N-dealkylation sites (tertiary alicyclic amines) is 1. The molecule has 2 heterocycles. The molecule has 1 N–H and O–H groups in total. The Hall–Kier alpha value is -4.12. The maximum Gasteiger partial charge on any atom is 0.276 e. The minimum Gasteiger partial charge on any atom is -0.379 e. The molecule has 1 fully saturated rings. The second kappa shape index (κ2) is 14.9. The fraction of sp³-hybridized carbons (Fsp3) is 0.469. The van der Waals surface area contributed by atoms with Crippen molar-refractivity contribution in [2.24, 2.45) is 5.92 Å². The average Bonchev–Trinajstić information content (AvgIpc) is 3.72. The number of hydrogen-bond donors (Lipinski definition) is 1. The first kappa shape index (κ1) is 31.8. The minimum absolute atomic E-state index is 0.186. The van der Waals surface area contributed by atoms with Crippen molar-refractivity contribution < 1.29 is 23.5 Å². The number of halogens is 1. The monoisotopic (exact) mass is 592 g/mol. The first-order valence-electron chi connectivity index (χ1n) is 14.9. The molecule has 1 saturated heterocycles. The molecule has 4 rings (SSSR count). The SMILES string of the molecule is CC[C@@H](C)C(=O)N[C@H](C(=O)N1CCC[C@H]1CN(CCc1ccc(F)cc1)C(=O)c1cn(-c2ccccc2)nn1)[C@@H](C)OC. The summed E-state index contributed by atoms with van der Waals surface area (Å²) in [6.07, 6.45) is 3.69. The van der Waals surface area contributed by atoms with E-state index in [1.165, 1.54) is 19.2 Å². The summed E-state index contributed by atoms with van der Waals surface area (Å²) in [4.78, 5) is 43.9. The van der Waals surface area contributed by atoms with Gasteiger partial charge in [0.2, 0.25) is 11.8 Å². The molecule has 1 aromatic heterocycles. The van der Waals surface area contributed by atoms with Crippen LogP contribution in [-0.4, -0.2) is 87.4 Å². The molecule has 0 bridgehead atoms. The highest BCUT2D eigenvalue weighted by atomic mass is 19.1. The van der Waals surface area contributed by atoms with E-state index in [2.05, 4.69) is 15.6 Å². The fourth-order valence-electron chi connectivity index (χ4n) is 5.17. The summed E-state index contributed by atoms with van der Waals surface area (Å²) in [5, 5.41) is 11.2. The highest BCUT2D eigenvalue weighted by Crippen LogP contribution is 2.22. The van der Waals surface area contributed by atoms with Crippen molar-refractivity contribution in [1.82, 2.24) is 30.1 Å². The number of carbonyl (C=O) groups excluding carboxylic acids is 3. The molecular formula is C32H41FN6O4. The van der Waals surface area contributed by atoms with Crippen LogP contribution in [0.2, 0.25) is 0 Å². The molecule has 2 aromatic carbocycles. The Morgan fingerprint density at radius 2 is 1.84 bits per heavy atom. The molecule has 11 heteroatoms. The molecule has 1 aliphatic rings. The number of amides is 3. The Labute approximate surface area is 252 Å². The standard InChI is InChI=1S/C32H41FN6O4/c1-5-22(2)30(40)34-29(23(3)43-4)32(42)38-18-9-12-27(38)20-37(19-17-24-13-15-25(33)16-14-24)31(41)28-21-39(36-35-28)26-10-7-6-8-11-26/h6-8,10-11,13-16,21-23,27,29H,5,9,12,17-20H2,1-4H3,(H,34,40)/t22-,23-,27+,29+/m1/s1. The zero-order valence-corrected chi connectivity index (χ0v) is 25.3. The van der Waals surface area contributed by atoms with Crippen LogP contribution >= 0.6 is 0 Å². The van der Waals surface area contributed by atoms with E-state index in [9.17, 15) is 18.8 Å². The molecule has 0 spiro atoms. The summed E-state index contributed by atoms with van der Waals surface area (Å²) in [6, 6.07) is 14.5. The van der Waals surface area contributed by atoms with Gasteiger partial charge in [0.25, 0.3) is 5.91 Å². The lowest BCUT2D eigenvalue weighted by Gasteiger charge is -2.34. The van der Waals surface area contributed by atoms with Crippen molar-refractivity contribution in [1.29, 1.82) is 0 Å². The van der Waals surface area contributed by atoms with Crippen LogP contribution in [0.1, 0.15) is 56.1 Å². The smallest absolute Gasteiger partial charge is 0.276 e. The number of nitrogens with one attached hydrogen (secondary N) is 1.